The van der Waals surface area contributed by atoms with E-state index in [9.17, 15) is 19.5 Å². The third kappa shape index (κ3) is 6.12. The van der Waals surface area contributed by atoms with Crippen LogP contribution in [0.2, 0.25) is 0 Å². The summed E-state index contributed by atoms with van der Waals surface area (Å²) in [6, 6.07) is 8.26. The minimum atomic E-state index is -1.05. The summed E-state index contributed by atoms with van der Waals surface area (Å²) in [5.74, 6) is -1.20. The van der Waals surface area contributed by atoms with Gasteiger partial charge in [0.1, 0.15) is 18.2 Å². The van der Waals surface area contributed by atoms with Crippen LogP contribution in [0.1, 0.15) is 52.0 Å². The van der Waals surface area contributed by atoms with Gasteiger partial charge in [0.05, 0.1) is 0 Å². The molecule has 1 saturated carbocycles. The molecule has 170 valence electrons. The Labute approximate surface area is 182 Å². The van der Waals surface area contributed by atoms with Crippen molar-refractivity contribution in [1.82, 2.24) is 10.2 Å². The number of hydrogen-bond acceptors (Lipinski definition) is 5. The molecule has 31 heavy (non-hydrogen) atoms. The highest BCUT2D eigenvalue weighted by Gasteiger charge is 2.51. The molecule has 1 heterocycles. The van der Waals surface area contributed by atoms with Crippen LogP contribution in [0, 0.1) is 11.3 Å². The van der Waals surface area contributed by atoms with Gasteiger partial charge in [0.2, 0.25) is 0 Å². The van der Waals surface area contributed by atoms with Gasteiger partial charge in [-0.05, 0) is 63.4 Å². The lowest BCUT2D eigenvalue weighted by Gasteiger charge is -2.53. The summed E-state index contributed by atoms with van der Waals surface area (Å²) in [5, 5.41) is 12.1. The van der Waals surface area contributed by atoms with Crippen LogP contribution < -0.4 is 5.32 Å². The minimum Gasteiger partial charge on any atom is -0.480 e. The number of ether oxygens (including phenoxy) is 2. The summed E-state index contributed by atoms with van der Waals surface area (Å²) in [4.78, 5) is 37.8. The maximum Gasteiger partial charge on any atom is 0.410 e. The Balaban J connectivity index is 1.46. The summed E-state index contributed by atoms with van der Waals surface area (Å²) in [6.07, 6.45) is 2.03. The van der Waals surface area contributed by atoms with Crippen LogP contribution in [-0.2, 0) is 20.9 Å². The summed E-state index contributed by atoms with van der Waals surface area (Å²) in [6.45, 7) is 6.83. The van der Waals surface area contributed by atoms with Gasteiger partial charge < -0.3 is 24.8 Å². The summed E-state index contributed by atoms with van der Waals surface area (Å²) in [5.41, 5.74) is 0.347. The average molecular weight is 433 g/mol. The van der Waals surface area contributed by atoms with Gasteiger partial charge in [-0.2, -0.15) is 0 Å². The van der Waals surface area contributed by atoms with Crippen molar-refractivity contribution in [2.45, 2.75) is 64.7 Å². The highest BCUT2D eigenvalue weighted by Crippen LogP contribution is 2.53. The van der Waals surface area contributed by atoms with Crippen molar-refractivity contribution in [2.75, 3.05) is 13.1 Å². The molecule has 1 saturated heterocycles. The van der Waals surface area contributed by atoms with Gasteiger partial charge in [0, 0.05) is 13.1 Å². The number of benzene rings is 1. The van der Waals surface area contributed by atoms with Crippen LogP contribution in [0.25, 0.3) is 0 Å². The molecule has 1 aliphatic carbocycles. The number of piperidine rings is 1. The molecule has 1 spiro atoms. The van der Waals surface area contributed by atoms with E-state index in [0.29, 0.717) is 25.9 Å². The lowest BCUT2D eigenvalue weighted by molar-refractivity contribution is -0.144. The van der Waals surface area contributed by atoms with Gasteiger partial charge in [-0.15, -0.1) is 0 Å². The molecule has 2 N–H and O–H groups in total. The molecule has 0 aromatic heterocycles. The van der Waals surface area contributed by atoms with Crippen molar-refractivity contribution in [1.29, 1.82) is 0 Å². The number of likely N-dealkylation sites (tertiary alicyclic amines) is 1. The lowest BCUT2D eigenvalue weighted by Crippen LogP contribution is -2.56. The third-order valence-corrected chi connectivity index (χ3v) is 6.09. The Morgan fingerprint density at radius 1 is 1.16 bits per heavy atom. The number of carboxylic acids is 1. The maximum absolute atomic E-state index is 12.2. The van der Waals surface area contributed by atoms with Crippen molar-refractivity contribution in [2.24, 2.45) is 11.3 Å². The van der Waals surface area contributed by atoms with Crippen molar-refractivity contribution < 1.29 is 29.0 Å². The van der Waals surface area contributed by atoms with E-state index in [1.165, 1.54) is 0 Å². The second kappa shape index (κ2) is 9.16. The monoisotopic (exact) mass is 432 g/mol. The third-order valence-electron chi connectivity index (χ3n) is 6.09. The molecule has 8 heteroatoms. The first-order valence-corrected chi connectivity index (χ1v) is 10.7. The van der Waals surface area contributed by atoms with E-state index >= 15 is 0 Å². The van der Waals surface area contributed by atoms with Crippen LogP contribution >= 0.6 is 0 Å². The highest BCUT2D eigenvalue weighted by atomic mass is 16.6. The number of carboxylic acid groups (broad SMARTS) is 1. The molecule has 1 aromatic carbocycles. The number of carbonyl (C=O) groups excluding carboxylic acids is 2. The molecule has 1 unspecified atom stereocenters. The molecule has 1 aliphatic heterocycles. The van der Waals surface area contributed by atoms with Crippen molar-refractivity contribution in [3.8, 4) is 0 Å². The molecule has 1 aromatic rings. The molecule has 8 nitrogen and oxygen atoms in total. The van der Waals surface area contributed by atoms with Crippen molar-refractivity contribution in [3.63, 3.8) is 0 Å². The quantitative estimate of drug-likeness (QED) is 0.733. The van der Waals surface area contributed by atoms with Crippen LogP contribution in [0.4, 0.5) is 9.59 Å². The Morgan fingerprint density at radius 3 is 2.32 bits per heavy atom. The van der Waals surface area contributed by atoms with Gasteiger partial charge in [0.25, 0.3) is 0 Å². The SMILES string of the molecule is CC(C)(C)OC(=O)N1CCC2(CC1)CC(C(NC(=O)OCc1ccccc1)C(=O)O)C2. The number of carbonyl (C=O) groups is 3. The van der Waals surface area contributed by atoms with Crippen LogP contribution in [0.15, 0.2) is 30.3 Å². The van der Waals surface area contributed by atoms with Gasteiger partial charge >= 0.3 is 18.2 Å². The second-order valence-corrected chi connectivity index (χ2v) is 9.66. The molecule has 2 aliphatic rings. The standard InChI is InChI=1S/C23H32N2O6/c1-22(2,3)31-21(29)25-11-9-23(10-12-25)13-17(14-23)18(19(26)27)24-20(28)30-15-16-7-5-4-6-8-16/h4-8,17-18H,9-15H2,1-3H3,(H,24,28)(H,26,27). The predicted octanol–water partition coefficient (Wildman–Crippen LogP) is 3.79. The number of rotatable bonds is 5. The molecule has 0 bridgehead atoms. The fraction of sp³-hybridized carbons (Fsp3) is 0.609. The Morgan fingerprint density at radius 2 is 1.77 bits per heavy atom. The zero-order valence-electron chi connectivity index (χ0n) is 18.4. The zero-order valence-corrected chi connectivity index (χ0v) is 18.4. The van der Waals surface area contributed by atoms with E-state index in [4.69, 9.17) is 9.47 Å². The first-order chi connectivity index (χ1) is 14.6. The molecule has 1 atom stereocenters. The number of hydrogen-bond donors (Lipinski definition) is 2. The molecular formula is C23H32N2O6. The smallest absolute Gasteiger partial charge is 0.410 e. The second-order valence-electron chi connectivity index (χ2n) is 9.66. The van der Waals surface area contributed by atoms with Gasteiger partial charge in [-0.25, -0.2) is 14.4 Å². The zero-order chi connectivity index (χ0) is 22.6. The first kappa shape index (κ1) is 22.9. The van der Waals surface area contributed by atoms with E-state index in [1.54, 1.807) is 4.90 Å². The first-order valence-electron chi connectivity index (χ1n) is 10.7. The van der Waals surface area contributed by atoms with Crippen LogP contribution in [-0.4, -0.2) is 52.9 Å². The molecular weight excluding hydrogens is 400 g/mol. The largest absolute Gasteiger partial charge is 0.480 e. The molecule has 2 amide bonds. The maximum atomic E-state index is 12.2. The number of nitrogens with one attached hydrogen (secondary N) is 1. The highest BCUT2D eigenvalue weighted by molar-refractivity contribution is 5.80. The summed E-state index contributed by atoms with van der Waals surface area (Å²) < 4.78 is 10.6. The summed E-state index contributed by atoms with van der Waals surface area (Å²) in [7, 11) is 0. The van der Waals surface area contributed by atoms with E-state index in [2.05, 4.69) is 5.32 Å². The minimum absolute atomic E-state index is 0.0342. The predicted molar refractivity (Wildman–Crippen MR) is 113 cm³/mol. The number of alkyl carbamates (subject to hydrolysis) is 1. The fourth-order valence-electron chi connectivity index (χ4n) is 4.46. The van der Waals surface area contributed by atoms with Gasteiger partial charge in [0.15, 0.2) is 0 Å². The molecule has 2 fully saturated rings. The fourth-order valence-corrected chi connectivity index (χ4v) is 4.46. The lowest BCUT2D eigenvalue weighted by atomic mass is 9.56. The Kier molecular flexibility index (Phi) is 6.77. The number of amides is 2. The van der Waals surface area contributed by atoms with Gasteiger partial charge in [-0.3, -0.25) is 0 Å². The topological polar surface area (TPSA) is 105 Å². The van der Waals surface area contributed by atoms with E-state index in [0.717, 1.165) is 18.4 Å². The molecule has 3 rings (SSSR count). The normalized spacial score (nSPS) is 19.3. The van der Waals surface area contributed by atoms with E-state index in [1.807, 2.05) is 51.1 Å². The van der Waals surface area contributed by atoms with E-state index < -0.39 is 23.7 Å². The number of nitrogens with zero attached hydrogens (tertiary/aromatic N) is 1. The van der Waals surface area contributed by atoms with Crippen molar-refractivity contribution in [3.05, 3.63) is 35.9 Å². The summed E-state index contributed by atoms with van der Waals surface area (Å²) >= 11 is 0. The Hall–Kier alpha value is -2.77. The van der Waals surface area contributed by atoms with Gasteiger partial charge in [-0.1, -0.05) is 30.3 Å². The number of aliphatic carboxylic acids is 1. The van der Waals surface area contributed by atoms with Crippen LogP contribution in [0.3, 0.4) is 0 Å². The average Bonchev–Trinajstić information content (AvgIpc) is 2.68. The molecule has 0 radical (unpaired) electrons. The van der Waals surface area contributed by atoms with Crippen LogP contribution in [0.5, 0.6) is 0 Å². The van der Waals surface area contributed by atoms with Crippen molar-refractivity contribution >= 4 is 18.2 Å². The Bertz CT molecular complexity index is 788. The van der Waals surface area contributed by atoms with E-state index in [-0.39, 0.29) is 24.0 Å².